The van der Waals surface area contributed by atoms with Gasteiger partial charge < -0.3 is 10.3 Å². The molecule has 0 radical (unpaired) electrons. The molecule has 2 heterocycles. The Labute approximate surface area is 137 Å². The Hall–Kier alpha value is -1.98. The second-order valence-electron chi connectivity index (χ2n) is 4.78. The molecule has 0 fully saturated rings. The number of amides is 1. The van der Waals surface area contributed by atoms with E-state index < -0.39 is 0 Å². The van der Waals surface area contributed by atoms with Crippen molar-refractivity contribution in [2.24, 2.45) is 0 Å². The maximum Gasteiger partial charge on any atom is 0.262 e. The summed E-state index contributed by atoms with van der Waals surface area (Å²) in [6, 6.07) is 14.2. The summed E-state index contributed by atoms with van der Waals surface area (Å²) in [5.74, 6) is -0.0183. The molecule has 0 saturated carbocycles. The highest BCUT2D eigenvalue weighted by molar-refractivity contribution is 7.98. The third-order valence-electron chi connectivity index (χ3n) is 3.34. The standard InChI is InChI=1S/C17H16N2OS2/c1-21-15-7-8-22-16(15)17(20)19-11-14-9-13(10-18-14)12-5-3-2-4-6-12/h2-10,18H,11H2,1H3,(H,19,20). The van der Waals surface area contributed by atoms with Crippen LogP contribution in [0.15, 0.2) is 58.9 Å². The van der Waals surface area contributed by atoms with Crippen LogP contribution < -0.4 is 5.32 Å². The summed E-state index contributed by atoms with van der Waals surface area (Å²) in [6.07, 6.45) is 3.95. The predicted octanol–water partition coefficient (Wildman–Crippen LogP) is 4.40. The highest BCUT2D eigenvalue weighted by atomic mass is 32.2. The third-order valence-corrected chi connectivity index (χ3v) is 5.17. The molecule has 112 valence electrons. The van der Waals surface area contributed by atoms with Gasteiger partial charge in [0.15, 0.2) is 0 Å². The first-order valence-corrected chi connectivity index (χ1v) is 9.01. The van der Waals surface area contributed by atoms with Gasteiger partial charge in [0.2, 0.25) is 0 Å². The van der Waals surface area contributed by atoms with Crippen molar-refractivity contribution in [3.8, 4) is 11.1 Å². The van der Waals surface area contributed by atoms with Crippen LogP contribution in [0.2, 0.25) is 0 Å². The van der Waals surface area contributed by atoms with Crippen LogP contribution in [0.4, 0.5) is 0 Å². The van der Waals surface area contributed by atoms with E-state index in [1.165, 1.54) is 16.9 Å². The van der Waals surface area contributed by atoms with Gasteiger partial charge in [0.1, 0.15) is 4.88 Å². The van der Waals surface area contributed by atoms with Crippen molar-refractivity contribution in [3.05, 3.63) is 64.6 Å². The maximum absolute atomic E-state index is 12.2. The van der Waals surface area contributed by atoms with E-state index in [0.717, 1.165) is 21.0 Å². The molecule has 2 aromatic heterocycles. The monoisotopic (exact) mass is 328 g/mol. The van der Waals surface area contributed by atoms with E-state index in [-0.39, 0.29) is 5.91 Å². The fourth-order valence-electron chi connectivity index (χ4n) is 2.22. The normalized spacial score (nSPS) is 10.6. The SMILES string of the molecule is CSc1ccsc1C(=O)NCc1cc(-c2ccccc2)c[nH]1. The van der Waals surface area contributed by atoms with E-state index in [9.17, 15) is 4.79 Å². The van der Waals surface area contributed by atoms with Crippen molar-refractivity contribution in [2.75, 3.05) is 6.26 Å². The van der Waals surface area contributed by atoms with Crippen LogP contribution in [0.1, 0.15) is 15.4 Å². The van der Waals surface area contributed by atoms with Crippen LogP contribution >= 0.6 is 23.1 Å². The Morgan fingerprint density at radius 2 is 2.05 bits per heavy atom. The first-order valence-electron chi connectivity index (χ1n) is 6.90. The second kappa shape index (κ2) is 6.85. The molecule has 2 N–H and O–H groups in total. The Morgan fingerprint density at radius 3 is 2.82 bits per heavy atom. The van der Waals surface area contributed by atoms with Crippen molar-refractivity contribution in [2.45, 2.75) is 11.4 Å². The highest BCUT2D eigenvalue weighted by Gasteiger charge is 2.12. The molecule has 0 aliphatic heterocycles. The lowest BCUT2D eigenvalue weighted by molar-refractivity contribution is 0.0952. The second-order valence-corrected chi connectivity index (χ2v) is 6.54. The van der Waals surface area contributed by atoms with E-state index >= 15 is 0 Å². The molecule has 3 nitrogen and oxygen atoms in total. The van der Waals surface area contributed by atoms with Crippen LogP contribution in [0.5, 0.6) is 0 Å². The first kappa shape index (κ1) is 14.9. The molecule has 0 spiro atoms. The predicted molar refractivity (Wildman–Crippen MR) is 93.5 cm³/mol. The molecular weight excluding hydrogens is 312 g/mol. The minimum absolute atomic E-state index is 0.0183. The first-order chi connectivity index (χ1) is 10.8. The van der Waals surface area contributed by atoms with E-state index in [1.54, 1.807) is 11.8 Å². The number of hydrogen-bond acceptors (Lipinski definition) is 3. The Bertz CT molecular complexity index is 762. The van der Waals surface area contributed by atoms with Crippen molar-refractivity contribution < 1.29 is 4.79 Å². The fourth-order valence-corrected chi connectivity index (χ4v) is 3.89. The molecule has 3 aromatic rings. The summed E-state index contributed by atoms with van der Waals surface area (Å²) in [6.45, 7) is 0.497. The molecule has 1 amide bonds. The topological polar surface area (TPSA) is 44.9 Å². The van der Waals surface area contributed by atoms with Crippen molar-refractivity contribution in [1.29, 1.82) is 0 Å². The number of carbonyl (C=O) groups excluding carboxylic acids is 1. The van der Waals surface area contributed by atoms with Gasteiger partial charge in [0.25, 0.3) is 5.91 Å². The number of thiophene rings is 1. The van der Waals surface area contributed by atoms with Crippen LogP contribution in [0, 0.1) is 0 Å². The lowest BCUT2D eigenvalue weighted by Gasteiger charge is -2.03. The molecule has 3 rings (SSSR count). The minimum Gasteiger partial charge on any atom is -0.363 e. The maximum atomic E-state index is 12.2. The highest BCUT2D eigenvalue weighted by Crippen LogP contribution is 2.25. The number of nitrogens with one attached hydrogen (secondary N) is 2. The smallest absolute Gasteiger partial charge is 0.262 e. The zero-order chi connectivity index (χ0) is 15.4. The van der Waals surface area contributed by atoms with Crippen LogP contribution in [0.3, 0.4) is 0 Å². The van der Waals surface area contributed by atoms with Gasteiger partial charge in [-0.05, 0) is 34.9 Å². The largest absolute Gasteiger partial charge is 0.363 e. The molecule has 0 saturated heterocycles. The molecule has 22 heavy (non-hydrogen) atoms. The summed E-state index contributed by atoms with van der Waals surface area (Å²) >= 11 is 3.07. The van der Waals surface area contributed by atoms with Gasteiger partial charge in [0, 0.05) is 16.8 Å². The molecule has 0 unspecified atom stereocenters. The van der Waals surface area contributed by atoms with Crippen molar-refractivity contribution in [3.63, 3.8) is 0 Å². The van der Waals surface area contributed by atoms with E-state index in [1.807, 2.05) is 42.1 Å². The molecule has 0 aliphatic carbocycles. The molecule has 0 bridgehead atoms. The number of rotatable bonds is 5. The van der Waals surface area contributed by atoms with Crippen LogP contribution in [-0.2, 0) is 6.54 Å². The third kappa shape index (κ3) is 3.26. The van der Waals surface area contributed by atoms with Gasteiger partial charge in [-0.15, -0.1) is 23.1 Å². The number of thioether (sulfide) groups is 1. The minimum atomic E-state index is -0.0183. The van der Waals surface area contributed by atoms with Gasteiger partial charge in [0.05, 0.1) is 6.54 Å². The summed E-state index contributed by atoms with van der Waals surface area (Å²) in [7, 11) is 0. The number of hydrogen-bond donors (Lipinski definition) is 2. The van der Waals surface area contributed by atoms with E-state index in [0.29, 0.717) is 6.54 Å². The Kier molecular flexibility index (Phi) is 4.65. The lowest BCUT2D eigenvalue weighted by atomic mass is 10.1. The van der Waals surface area contributed by atoms with Crippen molar-refractivity contribution in [1.82, 2.24) is 10.3 Å². The number of benzene rings is 1. The number of carbonyl (C=O) groups is 1. The van der Waals surface area contributed by atoms with Crippen molar-refractivity contribution >= 4 is 29.0 Å². The molecular formula is C17H16N2OS2. The van der Waals surface area contributed by atoms with E-state index in [4.69, 9.17) is 0 Å². The van der Waals surface area contributed by atoms with Gasteiger partial charge in [-0.1, -0.05) is 30.3 Å². The molecule has 0 aliphatic rings. The summed E-state index contributed by atoms with van der Waals surface area (Å²) < 4.78 is 0. The molecule has 1 aromatic carbocycles. The molecule has 5 heteroatoms. The zero-order valence-electron chi connectivity index (χ0n) is 12.1. The lowest BCUT2D eigenvalue weighted by Crippen LogP contribution is -2.22. The van der Waals surface area contributed by atoms with Crippen LogP contribution in [-0.4, -0.2) is 17.1 Å². The number of aromatic amines is 1. The summed E-state index contributed by atoms with van der Waals surface area (Å²) in [4.78, 5) is 17.2. The van der Waals surface area contributed by atoms with Gasteiger partial charge in [-0.3, -0.25) is 4.79 Å². The fraction of sp³-hybridized carbons (Fsp3) is 0.118. The van der Waals surface area contributed by atoms with Gasteiger partial charge in [-0.25, -0.2) is 0 Å². The summed E-state index contributed by atoms with van der Waals surface area (Å²) in [5, 5.41) is 4.92. The summed E-state index contributed by atoms with van der Waals surface area (Å²) in [5.41, 5.74) is 3.29. The average molecular weight is 328 g/mol. The van der Waals surface area contributed by atoms with Gasteiger partial charge >= 0.3 is 0 Å². The van der Waals surface area contributed by atoms with E-state index in [2.05, 4.69) is 28.5 Å². The Balaban J connectivity index is 1.65. The average Bonchev–Trinajstić information content (AvgIpc) is 3.22. The van der Waals surface area contributed by atoms with Gasteiger partial charge in [-0.2, -0.15) is 0 Å². The quantitative estimate of drug-likeness (QED) is 0.682. The molecule has 0 atom stereocenters. The Morgan fingerprint density at radius 1 is 1.23 bits per heavy atom. The number of aromatic nitrogens is 1. The number of H-pyrrole nitrogens is 1. The van der Waals surface area contributed by atoms with Crippen LogP contribution in [0.25, 0.3) is 11.1 Å². The zero-order valence-corrected chi connectivity index (χ0v) is 13.8.